The number of thiol groups is 1. The highest BCUT2D eigenvalue weighted by molar-refractivity contribution is 7.80. The number of rotatable bonds is 15. The monoisotopic (exact) mass is 995 g/mol. The van der Waals surface area contributed by atoms with Gasteiger partial charge in [-0.3, -0.25) is 14.4 Å². The molecule has 0 spiro atoms. The van der Waals surface area contributed by atoms with Gasteiger partial charge in [-0.2, -0.15) is 0 Å². The normalized spacial score (nSPS) is 21.5. The fraction of sp³-hybridized carbons (Fsp3) is 0.333. The number of nitrogen functional groups attached to an aromatic ring is 1. The molecule has 0 saturated carbocycles. The summed E-state index contributed by atoms with van der Waals surface area (Å²) in [6.07, 6.45) is -22.5. The van der Waals surface area contributed by atoms with E-state index in [0.717, 1.165) is 6.92 Å². The van der Waals surface area contributed by atoms with Crippen molar-refractivity contribution in [3.05, 3.63) is 39.2 Å². The number of benzene rings is 2. The van der Waals surface area contributed by atoms with E-state index in [-0.39, 0.29) is 0 Å². The molecule has 22 N–H and O–H groups in total. The summed E-state index contributed by atoms with van der Waals surface area (Å²) < 4.78 is 9.39. The Hall–Kier alpha value is -7.85. The number of anilines is 1. The van der Waals surface area contributed by atoms with Gasteiger partial charge >= 0.3 is 41.8 Å². The van der Waals surface area contributed by atoms with Crippen LogP contribution in [0.4, 0.5) is 5.69 Å². The molecule has 0 radical (unpaired) electrons. The van der Waals surface area contributed by atoms with E-state index >= 15 is 0 Å². The summed E-state index contributed by atoms with van der Waals surface area (Å²) in [5.74, 6) is -34.1. The average Bonchev–Trinajstić information content (AvgIpc) is 3.21. The molecule has 372 valence electrons. The molecule has 0 bridgehead atoms. The van der Waals surface area contributed by atoms with Crippen LogP contribution in [-0.4, -0.2) is 193 Å². The van der Waals surface area contributed by atoms with E-state index in [9.17, 15) is 125 Å². The van der Waals surface area contributed by atoms with Crippen LogP contribution >= 0.6 is 12.6 Å². The van der Waals surface area contributed by atoms with Crippen molar-refractivity contribution in [3.63, 3.8) is 0 Å². The van der Waals surface area contributed by atoms with E-state index in [1.165, 1.54) is 0 Å². The number of fused-ring (bicyclic) bond motifs is 1. The van der Waals surface area contributed by atoms with Crippen LogP contribution in [0.5, 0.6) is 34.5 Å². The van der Waals surface area contributed by atoms with Crippen molar-refractivity contribution in [2.45, 2.75) is 60.8 Å². The molecule has 0 fully saturated rings. The Morgan fingerprint density at radius 3 is 1.65 bits per heavy atom. The summed E-state index contributed by atoms with van der Waals surface area (Å²) in [5, 5.41) is 198. The number of aliphatic carboxylic acids is 4. The molecule has 11 atom stereocenters. The molecule has 1 aliphatic carbocycles. The summed E-state index contributed by atoms with van der Waals surface area (Å²) in [4.78, 5) is 93.0. The minimum atomic E-state index is -3.07. The number of aromatic hydroxyl groups is 5. The van der Waals surface area contributed by atoms with E-state index < -0.39 is 204 Å². The maximum Gasteiger partial charge on any atom is 0.348 e. The zero-order valence-electron chi connectivity index (χ0n) is 33.4. The molecular formula is C36H37NO30S. The second-order valence-corrected chi connectivity index (χ2v) is 14.6. The SMILES string of the molecule is CC(=O)C1=C(O)c2c(c(O)c(N)c(O)c2C(=O)O)OC1O.O=C(OC(C(=O)O)C(O)c1c(O)c(O)c(C(=O)O)c(S)c1O)C1=C(O)C(C(=O)O)C(O)C(C(C(=O)O)C(O)C(O)C(O)C(=O)O)C1O. The Morgan fingerprint density at radius 1 is 0.676 bits per heavy atom. The number of phenols is 5. The lowest BCUT2D eigenvalue weighted by molar-refractivity contribution is -0.182. The molecule has 2 aromatic carbocycles. The quantitative estimate of drug-likeness (QED) is 0.0263. The summed E-state index contributed by atoms with van der Waals surface area (Å²) >= 11 is 3.61. The number of carbonyl (C=O) groups excluding carboxylic acids is 2. The van der Waals surface area contributed by atoms with Crippen LogP contribution in [-0.2, 0) is 33.5 Å². The average molecular weight is 996 g/mol. The summed E-state index contributed by atoms with van der Waals surface area (Å²) in [6, 6.07) is 0. The third-order valence-corrected chi connectivity index (χ3v) is 10.6. The van der Waals surface area contributed by atoms with Gasteiger partial charge in [0, 0.05) is 5.92 Å². The van der Waals surface area contributed by atoms with Crippen LogP contribution in [0, 0.1) is 17.8 Å². The Kier molecular flexibility index (Phi) is 16.3. The van der Waals surface area contributed by atoms with Gasteiger partial charge in [-0.25, -0.2) is 24.0 Å². The number of aliphatic hydroxyl groups excluding tert-OH is 9. The van der Waals surface area contributed by atoms with E-state index in [0.29, 0.717) is 0 Å². The first-order valence-corrected chi connectivity index (χ1v) is 18.4. The predicted octanol–water partition coefficient (Wildman–Crippen LogP) is -4.50. The number of phenolic OH excluding ortho intramolecular Hbond substituents is 3. The first-order valence-electron chi connectivity index (χ1n) is 18.0. The van der Waals surface area contributed by atoms with Gasteiger partial charge in [0.2, 0.25) is 12.4 Å². The standard InChI is InChI=1S/C24H26O22S.C12H11NO8/c25-7-1(2(19(35)36)10(28)15(33)16(34)22(41)42)8(26)5(9(27)4(7)20(37)38)24(45)46-17(23(43)44)13(31)3-11(29)12(30)6(21(39)40)18(47)14(3)32;1-2(14)3-7(15)4-5(11(18)19)8(16)6(13)9(17)10(4)21-12(3)20/h1-2,4,7-8,10,13,15-17,25-34,47H,(H,35,36)(H,37,38)(H,39,40)(H,41,42)(H,43,44);12,15-17,20H,13H2,1H3,(H,18,19). The Morgan fingerprint density at radius 2 is 1.21 bits per heavy atom. The van der Waals surface area contributed by atoms with E-state index in [1.807, 2.05) is 0 Å². The van der Waals surface area contributed by atoms with Crippen LogP contribution in [0.2, 0.25) is 0 Å². The van der Waals surface area contributed by atoms with Crippen molar-refractivity contribution >= 4 is 71.6 Å². The van der Waals surface area contributed by atoms with Crippen molar-refractivity contribution in [2.24, 2.45) is 17.8 Å². The lowest BCUT2D eigenvalue weighted by Gasteiger charge is -2.41. The van der Waals surface area contributed by atoms with Crippen molar-refractivity contribution < 1.29 is 150 Å². The Labute approximate surface area is 379 Å². The number of carbonyl (C=O) groups is 8. The lowest BCUT2D eigenvalue weighted by atomic mass is 9.68. The van der Waals surface area contributed by atoms with Gasteiger partial charge in [0.25, 0.3) is 0 Å². The largest absolute Gasteiger partial charge is 0.511 e. The smallest absolute Gasteiger partial charge is 0.348 e. The number of ketones is 1. The van der Waals surface area contributed by atoms with Crippen LogP contribution in [0.1, 0.15) is 44.9 Å². The second-order valence-electron chi connectivity index (χ2n) is 14.1. The summed E-state index contributed by atoms with van der Waals surface area (Å²) in [6.45, 7) is 1.01. The number of Topliss-reactive ketones (excluding diaryl/α,β-unsaturated/α-hetero) is 1. The maximum absolute atomic E-state index is 13.1. The van der Waals surface area contributed by atoms with E-state index in [2.05, 4.69) is 17.4 Å². The summed E-state index contributed by atoms with van der Waals surface area (Å²) in [7, 11) is 0. The fourth-order valence-corrected chi connectivity index (χ4v) is 7.20. The predicted molar refractivity (Wildman–Crippen MR) is 209 cm³/mol. The molecule has 68 heavy (non-hydrogen) atoms. The first kappa shape index (κ1) is 54.5. The Bertz CT molecular complexity index is 2520. The molecule has 0 saturated heterocycles. The number of aromatic carboxylic acids is 2. The van der Waals surface area contributed by atoms with Crippen LogP contribution in [0.3, 0.4) is 0 Å². The van der Waals surface area contributed by atoms with Crippen molar-refractivity contribution in [3.8, 4) is 34.5 Å². The number of hydrogen-bond donors (Lipinski definition) is 22. The van der Waals surface area contributed by atoms with Crippen molar-refractivity contribution in [1.29, 1.82) is 0 Å². The van der Waals surface area contributed by atoms with Crippen molar-refractivity contribution in [1.82, 2.24) is 0 Å². The maximum atomic E-state index is 13.1. The highest BCUT2D eigenvalue weighted by Gasteiger charge is 2.57. The molecule has 0 amide bonds. The van der Waals surface area contributed by atoms with Gasteiger partial charge < -0.3 is 117 Å². The topological polar surface area (TPSA) is 586 Å². The zero-order chi connectivity index (χ0) is 52.6. The molecule has 2 aliphatic rings. The molecule has 1 heterocycles. The number of hydrogen-bond acceptors (Lipinski definition) is 26. The van der Waals surface area contributed by atoms with Gasteiger partial charge in [-0.05, 0) is 6.92 Å². The minimum Gasteiger partial charge on any atom is -0.511 e. The van der Waals surface area contributed by atoms with Gasteiger partial charge in [0.15, 0.2) is 40.6 Å². The van der Waals surface area contributed by atoms with Gasteiger partial charge in [-0.1, -0.05) is 0 Å². The number of nitrogens with two attached hydrogens (primary N) is 1. The van der Waals surface area contributed by atoms with Gasteiger partial charge in [0.1, 0.15) is 63.4 Å². The molecular weight excluding hydrogens is 958 g/mol. The third-order valence-electron chi connectivity index (χ3n) is 10.2. The highest BCUT2D eigenvalue weighted by Crippen LogP contribution is 2.51. The lowest BCUT2D eigenvalue weighted by Crippen LogP contribution is -2.58. The van der Waals surface area contributed by atoms with E-state index in [4.69, 9.17) is 25.8 Å². The molecule has 0 aromatic heterocycles. The number of aliphatic hydroxyl groups is 9. The summed E-state index contributed by atoms with van der Waals surface area (Å²) in [5.41, 5.74) is -1.82. The fourth-order valence-electron chi connectivity index (χ4n) is 6.87. The van der Waals surface area contributed by atoms with Crippen molar-refractivity contribution in [2.75, 3.05) is 5.73 Å². The molecule has 31 nitrogen and oxygen atoms in total. The second kappa shape index (κ2) is 20.3. The van der Waals surface area contributed by atoms with Gasteiger partial charge in [0.05, 0.1) is 40.3 Å². The minimum absolute atomic E-state index is 0.603. The van der Waals surface area contributed by atoms with E-state index in [1.54, 1.807) is 0 Å². The highest BCUT2D eigenvalue weighted by atomic mass is 32.1. The number of carboxylic acid groups (broad SMARTS) is 6. The number of carboxylic acids is 6. The number of esters is 1. The van der Waals surface area contributed by atoms with Crippen LogP contribution in [0.25, 0.3) is 5.76 Å². The Balaban J connectivity index is 0.000000482. The van der Waals surface area contributed by atoms with Gasteiger partial charge in [-0.15, -0.1) is 12.6 Å². The number of ether oxygens (including phenoxy) is 2. The molecule has 4 rings (SSSR count). The van der Waals surface area contributed by atoms with Crippen LogP contribution in [0.15, 0.2) is 21.8 Å². The molecule has 11 unspecified atom stereocenters. The molecule has 1 aliphatic heterocycles. The first-order chi connectivity index (χ1) is 31.2. The third kappa shape index (κ3) is 9.67. The molecule has 2 aromatic rings. The molecule has 32 heteroatoms. The zero-order valence-corrected chi connectivity index (χ0v) is 34.3. The van der Waals surface area contributed by atoms with Crippen LogP contribution < -0.4 is 10.5 Å².